The molecule has 0 bridgehead atoms. The number of hydrogen-bond acceptors (Lipinski definition) is 5. The number of likely N-dealkylation sites (tertiary alicyclic amines) is 1. The molecule has 0 radical (unpaired) electrons. The highest BCUT2D eigenvalue weighted by Crippen LogP contribution is 2.30. The predicted octanol–water partition coefficient (Wildman–Crippen LogP) is 2.64. The van der Waals surface area contributed by atoms with E-state index in [1.807, 2.05) is 12.1 Å². The Bertz CT molecular complexity index is 550. The molecule has 3 atom stereocenters. The molecule has 0 aromatic heterocycles. The van der Waals surface area contributed by atoms with Gasteiger partial charge in [-0.15, -0.1) is 0 Å². The summed E-state index contributed by atoms with van der Waals surface area (Å²) >= 11 is 0. The normalized spacial score (nSPS) is 27.4. The van der Waals surface area contributed by atoms with Crippen molar-refractivity contribution in [2.45, 2.75) is 56.8 Å². The maximum Gasteiger partial charge on any atom is 0.160 e. The van der Waals surface area contributed by atoms with Gasteiger partial charge in [-0.3, -0.25) is 4.90 Å². The zero-order valence-electron chi connectivity index (χ0n) is 15.4. The van der Waals surface area contributed by atoms with Crippen LogP contribution >= 0.6 is 0 Å². The Morgan fingerprint density at radius 1 is 1.08 bits per heavy atom. The van der Waals surface area contributed by atoms with Crippen LogP contribution in [0.5, 0.6) is 11.5 Å². The second-order valence-electron chi connectivity index (χ2n) is 7.14. The lowest BCUT2D eigenvalue weighted by Crippen LogP contribution is -2.46. The van der Waals surface area contributed by atoms with Crippen molar-refractivity contribution in [2.24, 2.45) is 0 Å². The molecule has 3 rings (SSSR count). The highest BCUT2D eigenvalue weighted by Gasteiger charge is 2.34. The number of rotatable bonds is 7. The van der Waals surface area contributed by atoms with Crippen molar-refractivity contribution in [3.05, 3.63) is 23.8 Å². The number of nitrogens with zero attached hydrogens (tertiary/aromatic N) is 1. The number of β-amino-alcohol motifs (C(OH)–C–C–N with tert-alkyl or cyclic N) is 1. The van der Waals surface area contributed by atoms with Crippen LogP contribution in [0.3, 0.4) is 0 Å². The molecule has 1 saturated carbocycles. The Morgan fingerprint density at radius 3 is 2.60 bits per heavy atom. The van der Waals surface area contributed by atoms with Crippen LogP contribution in [0.4, 0.5) is 0 Å². The first-order valence-corrected chi connectivity index (χ1v) is 9.46. The third kappa shape index (κ3) is 4.66. The van der Waals surface area contributed by atoms with Crippen LogP contribution in [-0.2, 0) is 11.2 Å². The SMILES string of the molecule is COc1ccc(CCO[C@@H]2CCCCC2N2CC[C@H](O)C2)cc1OC. The first-order valence-electron chi connectivity index (χ1n) is 9.46. The van der Waals surface area contributed by atoms with Gasteiger partial charge in [0.15, 0.2) is 11.5 Å². The molecule has 1 saturated heterocycles. The van der Waals surface area contributed by atoms with Crippen molar-refractivity contribution < 1.29 is 19.3 Å². The second kappa shape index (κ2) is 8.88. The fourth-order valence-electron chi connectivity index (χ4n) is 4.12. The third-order valence-electron chi connectivity index (χ3n) is 5.50. The van der Waals surface area contributed by atoms with Gasteiger partial charge in [-0.05, 0) is 43.4 Å². The smallest absolute Gasteiger partial charge is 0.160 e. The molecule has 0 spiro atoms. The van der Waals surface area contributed by atoms with E-state index >= 15 is 0 Å². The van der Waals surface area contributed by atoms with Gasteiger partial charge in [-0.2, -0.15) is 0 Å². The summed E-state index contributed by atoms with van der Waals surface area (Å²) in [6.07, 6.45) is 6.73. The number of methoxy groups -OCH3 is 2. The van der Waals surface area contributed by atoms with E-state index in [0.29, 0.717) is 18.8 Å². The number of aliphatic hydroxyl groups excluding tert-OH is 1. The van der Waals surface area contributed by atoms with E-state index in [-0.39, 0.29) is 6.10 Å². The van der Waals surface area contributed by atoms with Crippen molar-refractivity contribution in [1.29, 1.82) is 0 Å². The summed E-state index contributed by atoms with van der Waals surface area (Å²) in [6, 6.07) is 6.51. The molecule has 1 aliphatic carbocycles. The lowest BCUT2D eigenvalue weighted by molar-refractivity contribution is -0.0316. The maximum atomic E-state index is 9.83. The second-order valence-corrected chi connectivity index (χ2v) is 7.14. The van der Waals surface area contributed by atoms with Gasteiger partial charge in [0.1, 0.15) is 0 Å². The molecule has 2 aliphatic rings. The molecular weight excluding hydrogens is 318 g/mol. The lowest BCUT2D eigenvalue weighted by Gasteiger charge is -2.37. The minimum Gasteiger partial charge on any atom is -0.493 e. The van der Waals surface area contributed by atoms with Gasteiger partial charge in [0.2, 0.25) is 0 Å². The first kappa shape index (κ1) is 18.5. The summed E-state index contributed by atoms with van der Waals surface area (Å²) in [7, 11) is 3.31. The fourth-order valence-corrected chi connectivity index (χ4v) is 4.12. The largest absolute Gasteiger partial charge is 0.493 e. The highest BCUT2D eigenvalue weighted by atomic mass is 16.5. The van der Waals surface area contributed by atoms with E-state index in [1.54, 1.807) is 14.2 Å². The van der Waals surface area contributed by atoms with Crippen molar-refractivity contribution in [1.82, 2.24) is 4.90 Å². The van der Waals surface area contributed by atoms with Gasteiger partial charge in [-0.1, -0.05) is 18.9 Å². The maximum absolute atomic E-state index is 9.83. The quantitative estimate of drug-likeness (QED) is 0.820. The highest BCUT2D eigenvalue weighted by molar-refractivity contribution is 5.42. The van der Waals surface area contributed by atoms with E-state index in [2.05, 4.69) is 11.0 Å². The molecule has 5 nitrogen and oxygen atoms in total. The van der Waals surface area contributed by atoms with Crippen LogP contribution in [0.25, 0.3) is 0 Å². The van der Waals surface area contributed by atoms with Crippen LogP contribution in [0, 0.1) is 0 Å². The molecular formula is C20H31NO4. The molecule has 140 valence electrons. The van der Waals surface area contributed by atoms with Crippen molar-refractivity contribution in [3.63, 3.8) is 0 Å². The summed E-state index contributed by atoms with van der Waals surface area (Å²) in [5.74, 6) is 1.52. The van der Waals surface area contributed by atoms with Crippen molar-refractivity contribution >= 4 is 0 Å². The summed E-state index contributed by atoms with van der Waals surface area (Å²) in [6.45, 7) is 2.52. The summed E-state index contributed by atoms with van der Waals surface area (Å²) < 4.78 is 16.9. The minimum absolute atomic E-state index is 0.158. The van der Waals surface area contributed by atoms with Crippen LogP contribution in [0.2, 0.25) is 0 Å². The van der Waals surface area contributed by atoms with Gasteiger partial charge >= 0.3 is 0 Å². The van der Waals surface area contributed by atoms with E-state index in [0.717, 1.165) is 43.9 Å². The van der Waals surface area contributed by atoms with Gasteiger partial charge < -0.3 is 19.3 Å². The molecule has 0 amide bonds. The van der Waals surface area contributed by atoms with Crippen LogP contribution in [0.1, 0.15) is 37.7 Å². The molecule has 1 N–H and O–H groups in total. The number of hydrogen-bond donors (Lipinski definition) is 1. The van der Waals surface area contributed by atoms with Crippen LogP contribution in [0.15, 0.2) is 18.2 Å². The van der Waals surface area contributed by atoms with E-state index in [9.17, 15) is 5.11 Å². The summed E-state index contributed by atoms with van der Waals surface area (Å²) in [5.41, 5.74) is 1.20. The van der Waals surface area contributed by atoms with Gasteiger partial charge in [-0.25, -0.2) is 0 Å². The summed E-state index contributed by atoms with van der Waals surface area (Å²) in [5, 5.41) is 9.83. The topological polar surface area (TPSA) is 51.2 Å². The Kier molecular flexibility index (Phi) is 6.57. The molecule has 1 aromatic rings. The molecule has 1 unspecified atom stereocenters. The molecule has 1 aromatic carbocycles. The number of aliphatic hydroxyl groups is 1. The van der Waals surface area contributed by atoms with Gasteiger partial charge in [0, 0.05) is 19.1 Å². The first-order chi connectivity index (χ1) is 12.2. The van der Waals surface area contributed by atoms with Crippen LogP contribution < -0.4 is 9.47 Å². The van der Waals surface area contributed by atoms with Gasteiger partial charge in [0.05, 0.1) is 33.0 Å². The Morgan fingerprint density at radius 2 is 1.88 bits per heavy atom. The minimum atomic E-state index is -0.158. The molecule has 5 heteroatoms. The molecule has 1 heterocycles. The van der Waals surface area contributed by atoms with Crippen molar-refractivity contribution in [2.75, 3.05) is 33.9 Å². The summed E-state index contributed by atoms with van der Waals surface area (Å²) in [4.78, 5) is 2.44. The Hall–Kier alpha value is -1.30. The molecule has 25 heavy (non-hydrogen) atoms. The van der Waals surface area contributed by atoms with E-state index in [1.165, 1.54) is 24.8 Å². The third-order valence-corrected chi connectivity index (χ3v) is 5.50. The number of benzene rings is 1. The lowest BCUT2D eigenvalue weighted by atomic mass is 9.91. The standard InChI is InChI=1S/C20H31NO4/c1-23-19-8-7-15(13-20(19)24-2)10-12-25-18-6-4-3-5-17(18)21-11-9-16(22)14-21/h7-8,13,16-18,22H,3-6,9-12,14H2,1-2H3/t16-,17?,18+/m0/s1. The fraction of sp³-hybridized carbons (Fsp3) is 0.700. The van der Waals surface area contributed by atoms with Crippen molar-refractivity contribution in [3.8, 4) is 11.5 Å². The van der Waals surface area contributed by atoms with Crippen LogP contribution in [-0.4, -0.2) is 62.2 Å². The van der Waals surface area contributed by atoms with E-state index in [4.69, 9.17) is 14.2 Å². The Labute approximate surface area is 150 Å². The average molecular weight is 349 g/mol. The zero-order chi connectivity index (χ0) is 17.6. The zero-order valence-corrected chi connectivity index (χ0v) is 15.4. The molecule has 1 aliphatic heterocycles. The van der Waals surface area contributed by atoms with Gasteiger partial charge in [0.25, 0.3) is 0 Å². The Balaban J connectivity index is 1.53. The predicted molar refractivity (Wildman–Crippen MR) is 97.4 cm³/mol. The van der Waals surface area contributed by atoms with E-state index < -0.39 is 0 Å². The molecule has 2 fully saturated rings. The number of ether oxygens (including phenoxy) is 3. The average Bonchev–Trinajstić information content (AvgIpc) is 3.08. The monoisotopic (exact) mass is 349 g/mol.